The van der Waals surface area contributed by atoms with Crippen LogP contribution in [0.2, 0.25) is 0 Å². The maximum atomic E-state index is 14.2. The van der Waals surface area contributed by atoms with Crippen LogP contribution in [0, 0.1) is 5.92 Å². The second-order valence-electron chi connectivity index (χ2n) is 16.8. The average molecular weight is 843 g/mol. The van der Waals surface area contributed by atoms with Crippen LogP contribution in [0.4, 0.5) is 0 Å². The highest BCUT2D eigenvalue weighted by molar-refractivity contribution is 5.97. The fraction of sp³-hybridized carbons (Fsp3) is 0.610. The van der Waals surface area contributed by atoms with Gasteiger partial charge < -0.3 is 52.2 Å². The van der Waals surface area contributed by atoms with E-state index in [-0.39, 0.29) is 44.8 Å². The summed E-state index contributed by atoms with van der Waals surface area (Å²) in [4.78, 5) is 110. The number of benzene rings is 1. The Bertz CT molecular complexity index is 1730. The van der Waals surface area contributed by atoms with Crippen molar-refractivity contribution < 1.29 is 53.3 Å². The molecule has 8 atom stereocenters. The van der Waals surface area contributed by atoms with Crippen LogP contribution in [-0.4, -0.2) is 130 Å². The molecular weight excluding hydrogens is 780 g/mol. The largest absolute Gasteiger partial charge is 0.490 e. The number of carboxylic acids is 1. The van der Waals surface area contributed by atoms with Crippen molar-refractivity contribution in [3.05, 3.63) is 42.5 Å². The van der Waals surface area contributed by atoms with Crippen molar-refractivity contribution in [2.75, 3.05) is 13.2 Å². The first-order valence-corrected chi connectivity index (χ1v) is 20.2. The number of fused-ring (bicyclic) bond motifs is 1. The number of nitrogens with one attached hydrogen (secondary N) is 7. The summed E-state index contributed by atoms with van der Waals surface area (Å²) in [5.41, 5.74) is -0.151. The van der Waals surface area contributed by atoms with Crippen molar-refractivity contribution in [2.24, 2.45) is 5.92 Å². The van der Waals surface area contributed by atoms with Gasteiger partial charge in [-0.15, -0.1) is 0 Å². The van der Waals surface area contributed by atoms with Crippen molar-refractivity contribution in [2.45, 2.75) is 141 Å². The molecule has 19 heteroatoms. The summed E-state index contributed by atoms with van der Waals surface area (Å²) in [7, 11) is 0. The van der Waals surface area contributed by atoms with Crippen LogP contribution in [0.1, 0.15) is 86.1 Å². The number of aliphatic hydroxyl groups excluding tert-OH is 1. The lowest BCUT2D eigenvalue weighted by Gasteiger charge is -2.35. The SMILES string of the molecule is C=CCOc1ccc(C[C@@H]2NC(=O)[C@@H]3CCCN3[C@H](C(=O)NC(C)(C)C)NC(=O)[C@H]([C@@H](C)O)NC(=O)[C@H](CC(=O)O)NC(=O)[C@H](CC(C)C)NC(=O)C[C@H](C)NC2=O)cc1. The van der Waals surface area contributed by atoms with Crippen molar-refractivity contribution in [1.82, 2.24) is 42.1 Å². The van der Waals surface area contributed by atoms with Gasteiger partial charge in [-0.3, -0.25) is 43.3 Å². The van der Waals surface area contributed by atoms with Crippen LogP contribution < -0.4 is 42.0 Å². The van der Waals surface area contributed by atoms with Gasteiger partial charge in [-0.25, -0.2) is 0 Å². The summed E-state index contributed by atoms with van der Waals surface area (Å²) in [5, 5.41) is 38.7. The Hall–Kier alpha value is -5.56. The van der Waals surface area contributed by atoms with E-state index in [9.17, 15) is 48.6 Å². The second-order valence-corrected chi connectivity index (χ2v) is 16.8. The van der Waals surface area contributed by atoms with Gasteiger partial charge >= 0.3 is 5.97 Å². The van der Waals surface area contributed by atoms with Gasteiger partial charge in [0.1, 0.15) is 36.5 Å². The quantitative estimate of drug-likeness (QED) is 0.126. The number of carbonyl (C=O) groups is 8. The molecule has 2 heterocycles. The van der Waals surface area contributed by atoms with Gasteiger partial charge in [0.05, 0.1) is 18.6 Å². The number of ether oxygens (including phenoxy) is 1. The van der Waals surface area contributed by atoms with Gasteiger partial charge in [0.2, 0.25) is 35.4 Å². The molecule has 2 saturated heterocycles. The van der Waals surface area contributed by atoms with Crippen LogP contribution in [0.15, 0.2) is 36.9 Å². The fourth-order valence-electron chi connectivity index (χ4n) is 6.87. The normalized spacial score (nSPS) is 26.1. The minimum atomic E-state index is -1.77. The summed E-state index contributed by atoms with van der Waals surface area (Å²) in [6.07, 6.45) is -2.02. The summed E-state index contributed by atoms with van der Waals surface area (Å²) in [5.74, 6) is -6.76. The number of amides is 7. The number of nitrogens with zero attached hydrogens (tertiary/aromatic N) is 1. The van der Waals surface area contributed by atoms with Crippen molar-refractivity contribution in [1.29, 1.82) is 0 Å². The Kier molecular flexibility index (Phi) is 18.0. The van der Waals surface area contributed by atoms with Gasteiger partial charge in [0.15, 0.2) is 6.17 Å². The molecule has 1 aromatic carbocycles. The highest BCUT2D eigenvalue weighted by Crippen LogP contribution is 2.22. The molecule has 9 N–H and O–H groups in total. The smallest absolute Gasteiger partial charge is 0.305 e. The Morgan fingerprint density at radius 2 is 1.50 bits per heavy atom. The van der Waals surface area contributed by atoms with E-state index in [1.165, 1.54) is 11.8 Å². The molecule has 0 aromatic heterocycles. The molecule has 0 unspecified atom stereocenters. The molecule has 0 saturated carbocycles. The molecule has 2 fully saturated rings. The summed E-state index contributed by atoms with van der Waals surface area (Å²) in [6, 6.07) is -0.936. The summed E-state index contributed by atoms with van der Waals surface area (Å²) >= 11 is 0. The molecular formula is C41H62N8O11. The highest BCUT2D eigenvalue weighted by atomic mass is 16.5. The lowest BCUT2D eigenvalue weighted by atomic mass is 10.0. The molecule has 0 bridgehead atoms. The lowest BCUT2D eigenvalue weighted by Crippen LogP contribution is -2.66. The third kappa shape index (κ3) is 15.2. The summed E-state index contributed by atoms with van der Waals surface area (Å²) < 4.78 is 5.57. The first-order valence-electron chi connectivity index (χ1n) is 20.2. The maximum absolute atomic E-state index is 14.2. The number of carboxylic acid groups (broad SMARTS) is 1. The van der Waals surface area contributed by atoms with E-state index in [1.54, 1.807) is 71.9 Å². The van der Waals surface area contributed by atoms with Crippen molar-refractivity contribution in [3.8, 4) is 5.75 Å². The van der Waals surface area contributed by atoms with Crippen LogP contribution in [0.3, 0.4) is 0 Å². The number of hydrogen-bond acceptors (Lipinski definition) is 11. The van der Waals surface area contributed by atoms with Crippen LogP contribution in [-0.2, 0) is 44.8 Å². The Balaban J connectivity index is 2.12. The molecule has 60 heavy (non-hydrogen) atoms. The molecule has 0 radical (unpaired) electrons. The van der Waals surface area contributed by atoms with E-state index < -0.39 is 108 Å². The number of aliphatic carboxylic acids is 1. The van der Waals surface area contributed by atoms with Crippen molar-refractivity contribution in [3.63, 3.8) is 0 Å². The van der Waals surface area contributed by atoms with Gasteiger partial charge in [0, 0.05) is 31.0 Å². The second kappa shape index (κ2) is 22.2. The lowest BCUT2D eigenvalue weighted by molar-refractivity contribution is -0.143. The minimum absolute atomic E-state index is 0.0134. The van der Waals surface area contributed by atoms with E-state index in [1.807, 2.05) is 0 Å². The first-order chi connectivity index (χ1) is 28.1. The van der Waals surface area contributed by atoms with Gasteiger partial charge in [-0.2, -0.15) is 0 Å². The minimum Gasteiger partial charge on any atom is -0.490 e. The Morgan fingerprint density at radius 1 is 0.883 bits per heavy atom. The molecule has 0 aliphatic carbocycles. The standard InChI is InChI=1S/C41H62N8O11/c1-9-17-60-26-14-12-25(13-15-26)20-28-35(54)42-23(4)19-31(51)43-27(18-22(2)3)36(55)44-29(21-32(52)53)37(56)46-33(24(5)50)39(58)47-34(40(59)48-41(6,7)8)49-16-10-11-30(49)38(57)45-28/h9,12-15,22-24,27-30,33-34,50H,1,10-11,16-21H2,2-8H3,(H,42,54)(H,43,51)(H,44,55)(H,45,57)(H,46,56)(H,47,58)(H,48,59)(H,52,53)/t23-,24+,27-,28-,29-,30-,33-,34+/m0/s1. The van der Waals surface area contributed by atoms with E-state index >= 15 is 0 Å². The molecule has 332 valence electrons. The number of aliphatic hydroxyl groups is 1. The predicted octanol–water partition coefficient (Wildman–Crippen LogP) is -0.635. The third-order valence-electron chi connectivity index (χ3n) is 9.63. The number of rotatable bonds is 11. The molecule has 2 aliphatic rings. The van der Waals surface area contributed by atoms with Crippen molar-refractivity contribution >= 4 is 47.3 Å². The molecule has 3 rings (SSSR count). The molecule has 19 nitrogen and oxygen atoms in total. The zero-order valence-corrected chi connectivity index (χ0v) is 35.5. The molecule has 7 amide bonds. The monoisotopic (exact) mass is 842 g/mol. The van der Waals surface area contributed by atoms with E-state index in [2.05, 4.69) is 43.8 Å². The van der Waals surface area contributed by atoms with E-state index in [0.717, 1.165) is 0 Å². The highest BCUT2D eigenvalue weighted by Gasteiger charge is 2.43. The first kappa shape index (κ1) is 48.8. The van der Waals surface area contributed by atoms with Gasteiger partial charge in [-0.1, -0.05) is 38.6 Å². The fourth-order valence-corrected chi connectivity index (χ4v) is 6.87. The molecule has 2 aliphatic heterocycles. The van der Waals surface area contributed by atoms with Crippen LogP contribution in [0.5, 0.6) is 5.75 Å². The number of hydrogen-bond donors (Lipinski definition) is 9. The Morgan fingerprint density at radius 3 is 2.08 bits per heavy atom. The number of carbonyl (C=O) groups excluding carboxylic acids is 7. The molecule has 0 spiro atoms. The van der Waals surface area contributed by atoms with Crippen LogP contribution >= 0.6 is 0 Å². The van der Waals surface area contributed by atoms with Gasteiger partial charge in [0.25, 0.3) is 5.91 Å². The average Bonchev–Trinajstić information content (AvgIpc) is 3.62. The van der Waals surface area contributed by atoms with E-state index in [0.29, 0.717) is 17.7 Å². The van der Waals surface area contributed by atoms with Gasteiger partial charge in [-0.05, 0) is 77.5 Å². The summed E-state index contributed by atoms with van der Waals surface area (Å²) in [6.45, 7) is 15.5. The molecule has 1 aromatic rings. The van der Waals surface area contributed by atoms with Crippen LogP contribution in [0.25, 0.3) is 0 Å². The third-order valence-corrected chi connectivity index (χ3v) is 9.63. The zero-order valence-electron chi connectivity index (χ0n) is 35.5. The topological polar surface area (TPSA) is 274 Å². The Labute approximate surface area is 350 Å². The zero-order chi connectivity index (χ0) is 44.9. The van der Waals surface area contributed by atoms with E-state index in [4.69, 9.17) is 4.74 Å². The predicted molar refractivity (Wildman–Crippen MR) is 219 cm³/mol. The maximum Gasteiger partial charge on any atom is 0.305 e.